The summed E-state index contributed by atoms with van der Waals surface area (Å²) in [5, 5.41) is 0. The topological polar surface area (TPSA) is 96.8 Å². The molecular formula is C41H74N3O6S+. The minimum atomic E-state index is -0.516. The highest BCUT2D eigenvalue weighted by atomic mass is 32.1. The number of carbonyl (C=O) groups excluding carboxylic acids is 2. The summed E-state index contributed by atoms with van der Waals surface area (Å²) in [4.78, 5) is 23.2. The molecule has 51 heavy (non-hydrogen) atoms. The second-order valence-corrected chi connectivity index (χ2v) is 16.4. The molecule has 1 aliphatic heterocycles. The second-order valence-electron chi connectivity index (χ2n) is 15.9. The molecule has 1 saturated carbocycles. The van der Waals surface area contributed by atoms with E-state index >= 15 is 0 Å². The summed E-state index contributed by atoms with van der Waals surface area (Å²) in [6, 6.07) is 0. The number of rotatable bonds is 26. The first-order valence-electron chi connectivity index (χ1n) is 20.4. The monoisotopic (exact) mass is 737 g/mol. The maximum Gasteiger partial charge on any atom is 0.512 e. The Labute approximate surface area is 315 Å². The first-order chi connectivity index (χ1) is 24.6. The lowest BCUT2D eigenvalue weighted by atomic mass is 9.82. The van der Waals surface area contributed by atoms with E-state index in [2.05, 4.69) is 28.8 Å². The Bertz CT molecular complexity index is 1090. The van der Waals surface area contributed by atoms with Crippen LogP contribution in [0.3, 0.4) is 0 Å². The molecule has 1 aromatic rings. The Morgan fingerprint density at radius 3 is 2.02 bits per heavy atom. The van der Waals surface area contributed by atoms with Crippen molar-refractivity contribution in [3.05, 3.63) is 11.8 Å². The summed E-state index contributed by atoms with van der Waals surface area (Å²) in [7, 11) is 3.92. The summed E-state index contributed by atoms with van der Waals surface area (Å²) < 4.78 is 32.4. The molecule has 0 radical (unpaired) electrons. The lowest BCUT2D eigenvalue weighted by Crippen LogP contribution is -2.60. The molecule has 1 fully saturated rings. The molecule has 0 saturated heterocycles. The number of aromatic nitrogens is 2. The Morgan fingerprint density at radius 1 is 0.902 bits per heavy atom. The van der Waals surface area contributed by atoms with Gasteiger partial charge in [-0.2, -0.15) is 4.37 Å². The Hall–Kier alpha value is -2.04. The lowest BCUT2D eigenvalue weighted by Gasteiger charge is -2.47. The molecule has 9 nitrogen and oxygen atoms in total. The SMILES string of the molecule is CCCCCCOc1nsnc1C1=CCC[N+](C)(C(OC(=O)OCCCCCCCCCCCCCCCC=O)C2CCC2)C1.COC(C)(C)C. The third-order valence-electron chi connectivity index (χ3n) is 10.2. The molecule has 10 heteroatoms. The fourth-order valence-corrected chi connectivity index (χ4v) is 7.18. The van der Waals surface area contributed by atoms with Gasteiger partial charge in [0.25, 0.3) is 5.88 Å². The van der Waals surface area contributed by atoms with Crippen molar-refractivity contribution >= 4 is 29.7 Å². The van der Waals surface area contributed by atoms with E-state index in [9.17, 15) is 9.59 Å². The van der Waals surface area contributed by atoms with Crippen molar-refractivity contribution in [3.8, 4) is 5.88 Å². The van der Waals surface area contributed by atoms with Crippen LogP contribution >= 0.6 is 11.7 Å². The number of ether oxygens (including phenoxy) is 4. The highest BCUT2D eigenvalue weighted by molar-refractivity contribution is 6.99. The van der Waals surface area contributed by atoms with Crippen molar-refractivity contribution in [1.29, 1.82) is 0 Å². The van der Waals surface area contributed by atoms with Crippen molar-refractivity contribution in [2.75, 3.05) is 40.5 Å². The fourth-order valence-electron chi connectivity index (χ4n) is 6.64. The Kier molecular flexibility index (Phi) is 23.6. The van der Waals surface area contributed by atoms with Crippen LogP contribution in [0.15, 0.2) is 6.08 Å². The largest absolute Gasteiger partial charge is 0.512 e. The molecule has 294 valence electrons. The standard InChI is InChI=1S/C36H62N3O5S.C5H12O/c1-3-4-5-19-28-42-34-33(37-45-38-34)32-25-22-26-39(2,30-32)35(31-23-21-24-31)44-36(41)43-29-20-17-15-13-11-9-7-6-8-10-12-14-16-18-27-40;1-5(2,3)6-4/h25,27,31,35H,3-24,26,28-30H2,1-2H3;1-4H3/q+1;. The molecule has 2 atom stereocenters. The smallest absolute Gasteiger partial charge is 0.475 e. The highest BCUT2D eigenvalue weighted by Crippen LogP contribution is 2.39. The number of nitrogens with zero attached hydrogens (tertiary/aromatic N) is 3. The van der Waals surface area contributed by atoms with Gasteiger partial charge in [-0.25, -0.2) is 4.79 Å². The summed E-state index contributed by atoms with van der Waals surface area (Å²) >= 11 is 1.21. The predicted molar refractivity (Wildman–Crippen MR) is 209 cm³/mol. The van der Waals surface area contributed by atoms with Gasteiger partial charge < -0.3 is 23.7 Å². The van der Waals surface area contributed by atoms with Gasteiger partial charge in [-0.1, -0.05) is 109 Å². The maximum atomic E-state index is 12.9. The van der Waals surface area contributed by atoms with Gasteiger partial charge >= 0.3 is 6.16 Å². The molecule has 2 unspecified atom stereocenters. The van der Waals surface area contributed by atoms with E-state index in [1.54, 1.807) is 7.11 Å². The molecular weight excluding hydrogens is 663 g/mol. The van der Waals surface area contributed by atoms with Gasteiger partial charge in [-0.3, -0.25) is 4.48 Å². The fraction of sp³-hybridized carbons (Fsp3) is 0.854. The van der Waals surface area contributed by atoms with Gasteiger partial charge in [-0.05, 0) is 52.9 Å². The van der Waals surface area contributed by atoms with Crippen molar-refractivity contribution in [2.24, 2.45) is 5.92 Å². The number of unbranched alkanes of at least 4 members (excludes halogenated alkanes) is 16. The van der Waals surface area contributed by atoms with Crippen molar-refractivity contribution in [1.82, 2.24) is 8.75 Å². The zero-order valence-electron chi connectivity index (χ0n) is 33.4. The van der Waals surface area contributed by atoms with Crippen molar-refractivity contribution in [3.63, 3.8) is 0 Å². The Morgan fingerprint density at radius 2 is 1.47 bits per heavy atom. The number of likely N-dealkylation sites (N-methyl/N-ethyl adjacent to an activating group) is 1. The van der Waals surface area contributed by atoms with E-state index in [0.717, 1.165) is 82.0 Å². The molecule has 0 spiro atoms. The van der Waals surface area contributed by atoms with Gasteiger partial charge in [-0.15, -0.1) is 4.37 Å². The van der Waals surface area contributed by atoms with Gasteiger partial charge in [0.1, 0.15) is 18.5 Å². The first kappa shape index (κ1) is 45.1. The predicted octanol–water partition coefficient (Wildman–Crippen LogP) is 11.1. The first-order valence-corrected chi connectivity index (χ1v) is 21.2. The zero-order valence-corrected chi connectivity index (χ0v) is 34.2. The van der Waals surface area contributed by atoms with Gasteiger partial charge in [0.05, 0.1) is 44.1 Å². The number of hydrogen-bond donors (Lipinski definition) is 0. The summed E-state index contributed by atoms with van der Waals surface area (Å²) in [5.74, 6) is 1.02. The number of quaternary nitrogens is 1. The van der Waals surface area contributed by atoms with E-state index in [4.69, 9.17) is 18.9 Å². The van der Waals surface area contributed by atoms with Crippen LogP contribution in [-0.4, -0.2) is 78.0 Å². The molecule has 0 N–H and O–H groups in total. The van der Waals surface area contributed by atoms with Crippen molar-refractivity contribution in [2.45, 2.75) is 181 Å². The second kappa shape index (κ2) is 26.7. The van der Waals surface area contributed by atoms with E-state index in [0.29, 0.717) is 29.5 Å². The van der Waals surface area contributed by atoms with E-state index in [1.165, 1.54) is 102 Å². The van der Waals surface area contributed by atoms with Crippen LogP contribution in [0.2, 0.25) is 0 Å². The van der Waals surface area contributed by atoms with E-state index in [-0.39, 0.29) is 11.8 Å². The van der Waals surface area contributed by atoms with Crippen LogP contribution in [0.25, 0.3) is 5.57 Å². The minimum absolute atomic E-state index is 0.0417. The molecule has 3 rings (SSSR count). The van der Waals surface area contributed by atoms with Crippen LogP contribution in [0.5, 0.6) is 5.88 Å². The average molecular weight is 737 g/mol. The van der Waals surface area contributed by atoms with Crippen LogP contribution < -0.4 is 4.74 Å². The quantitative estimate of drug-likeness (QED) is 0.0401. The lowest BCUT2D eigenvalue weighted by molar-refractivity contribution is -0.952. The molecule has 2 aliphatic rings. The highest BCUT2D eigenvalue weighted by Gasteiger charge is 2.46. The van der Waals surface area contributed by atoms with Crippen molar-refractivity contribution < 1.29 is 33.0 Å². The molecule has 0 aromatic carbocycles. The third kappa shape index (κ3) is 19.6. The molecule has 1 aliphatic carbocycles. The van der Waals surface area contributed by atoms with E-state index < -0.39 is 6.16 Å². The number of hydrogen-bond acceptors (Lipinski definition) is 9. The average Bonchev–Trinajstić information content (AvgIpc) is 3.55. The molecule has 0 amide bonds. The summed E-state index contributed by atoms with van der Waals surface area (Å²) in [6.07, 6.45) is 28.1. The Balaban J connectivity index is 0.00000138. The minimum Gasteiger partial charge on any atom is -0.475 e. The van der Waals surface area contributed by atoms with E-state index in [1.807, 2.05) is 20.8 Å². The summed E-state index contributed by atoms with van der Waals surface area (Å²) in [5.41, 5.74) is 2.04. The number of methoxy groups -OCH3 is 1. The van der Waals surface area contributed by atoms with Crippen LogP contribution in [0.1, 0.15) is 175 Å². The normalized spacial score (nSPS) is 18.2. The van der Waals surface area contributed by atoms with Crippen LogP contribution in [0, 0.1) is 5.92 Å². The zero-order chi connectivity index (χ0) is 37.2. The van der Waals surface area contributed by atoms with Gasteiger partial charge in [0.15, 0.2) is 0 Å². The number of aldehydes is 1. The van der Waals surface area contributed by atoms with Gasteiger partial charge in [0, 0.05) is 31.4 Å². The van der Waals surface area contributed by atoms with Crippen LogP contribution in [-0.2, 0) is 19.0 Å². The third-order valence-corrected chi connectivity index (χ3v) is 10.8. The van der Waals surface area contributed by atoms with Crippen LogP contribution in [0.4, 0.5) is 4.79 Å². The van der Waals surface area contributed by atoms with Gasteiger partial charge in [0.2, 0.25) is 6.23 Å². The molecule has 0 bridgehead atoms. The molecule has 1 aromatic heterocycles. The summed E-state index contributed by atoms with van der Waals surface area (Å²) in [6.45, 7) is 11.0. The maximum absolute atomic E-state index is 12.9. The molecule has 2 heterocycles. The number of carbonyl (C=O) groups is 2.